The topological polar surface area (TPSA) is 81.4 Å². The molecular formula is C19H16BrN5O2S. The van der Waals surface area contributed by atoms with Gasteiger partial charge in [0.25, 0.3) is 5.91 Å². The third-order valence-electron chi connectivity index (χ3n) is 3.97. The van der Waals surface area contributed by atoms with Gasteiger partial charge in [-0.25, -0.2) is 0 Å². The van der Waals surface area contributed by atoms with Crippen molar-refractivity contribution in [2.45, 2.75) is 13.3 Å². The van der Waals surface area contributed by atoms with Crippen molar-refractivity contribution in [2.75, 3.05) is 11.9 Å². The minimum Gasteiger partial charge on any atom is -0.484 e. The lowest BCUT2D eigenvalue weighted by molar-refractivity contribution is -0.118. The number of hydrogen-bond donors (Lipinski definition) is 1. The highest BCUT2D eigenvalue weighted by molar-refractivity contribution is 9.10. The zero-order chi connectivity index (χ0) is 19.5. The third-order valence-corrected chi connectivity index (χ3v) is 5.45. The third kappa shape index (κ3) is 4.05. The van der Waals surface area contributed by atoms with Gasteiger partial charge >= 0.3 is 0 Å². The average Bonchev–Trinajstić information content (AvgIpc) is 3.29. The fourth-order valence-corrected chi connectivity index (χ4v) is 3.70. The van der Waals surface area contributed by atoms with Crippen LogP contribution in [0.5, 0.6) is 5.75 Å². The number of fused-ring (bicyclic) bond motifs is 1. The van der Waals surface area contributed by atoms with E-state index in [2.05, 4.69) is 36.5 Å². The second-order valence-electron chi connectivity index (χ2n) is 5.94. The lowest BCUT2D eigenvalue weighted by atomic mass is 10.2. The number of carbonyl (C=O) groups is 1. The van der Waals surface area contributed by atoms with E-state index in [1.54, 1.807) is 16.6 Å². The Morgan fingerprint density at radius 3 is 2.61 bits per heavy atom. The minimum atomic E-state index is -0.220. The molecule has 0 unspecified atom stereocenters. The molecule has 0 spiro atoms. The molecule has 0 aliphatic carbocycles. The van der Waals surface area contributed by atoms with Crippen molar-refractivity contribution in [1.82, 2.24) is 19.8 Å². The maximum atomic E-state index is 12.1. The first-order valence-electron chi connectivity index (χ1n) is 8.62. The number of aromatic nitrogens is 4. The molecule has 0 saturated carbocycles. The van der Waals surface area contributed by atoms with Crippen LogP contribution >= 0.6 is 27.3 Å². The number of anilines is 1. The second kappa shape index (κ2) is 8.07. The van der Waals surface area contributed by atoms with Gasteiger partial charge in [-0.2, -0.15) is 9.61 Å². The zero-order valence-corrected chi connectivity index (χ0v) is 17.3. The standard InChI is InChI=1S/C19H16BrN5O2S/c1-2-16-22-23-19-25(16)24-18(28-19)12-3-7-14(8-4-12)21-17(26)11-27-15-9-5-13(20)6-10-15/h3-10H,2,11H2,1H3,(H,21,26). The highest BCUT2D eigenvalue weighted by atomic mass is 79.9. The van der Waals surface area contributed by atoms with Crippen LogP contribution in [0.3, 0.4) is 0 Å². The van der Waals surface area contributed by atoms with Gasteiger partial charge < -0.3 is 10.1 Å². The molecular weight excluding hydrogens is 442 g/mol. The number of nitrogens with zero attached hydrogens (tertiary/aromatic N) is 4. The predicted octanol–water partition coefficient (Wildman–Crippen LogP) is 4.20. The number of rotatable bonds is 6. The van der Waals surface area contributed by atoms with E-state index in [0.29, 0.717) is 11.4 Å². The smallest absolute Gasteiger partial charge is 0.262 e. The van der Waals surface area contributed by atoms with Gasteiger partial charge in [-0.3, -0.25) is 4.79 Å². The molecule has 4 rings (SSSR count). The molecule has 1 amide bonds. The van der Waals surface area contributed by atoms with Gasteiger partial charge in [0.2, 0.25) is 4.96 Å². The van der Waals surface area contributed by atoms with Crippen LogP contribution in [0.2, 0.25) is 0 Å². The average molecular weight is 458 g/mol. The fourth-order valence-electron chi connectivity index (χ4n) is 2.57. The minimum absolute atomic E-state index is 0.0557. The number of aryl methyl sites for hydroxylation is 1. The second-order valence-corrected chi connectivity index (χ2v) is 7.81. The van der Waals surface area contributed by atoms with Crippen LogP contribution in [0.25, 0.3) is 15.5 Å². The van der Waals surface area contributed by atoms with Crippen LogP contribution < -0.4 is 10.1 Å². The van der Waals surface area contributed by atoms with E-state index in [-0.39, 0.29) is 12.5 Å². The Labute approximate surface area is 173 Å². The van der Waals surface area contributed by atoms with E-state index in [9.17, 15) is 4.79 Å². The molecule has 1 N–H and O–H groups in total. The van der Waals surface area contributed by atoms with Gasteiger partial charge in [-0.05, 0) is 48.5 Å². The molecule has 0 aliphatic heterocycles. The Morgan fingerprint density at radius 2 is 1.89 bits per heavy atom. The van der Waals surface area contributed by atoms with Gasteiger partial charge in [0.1, 0.15) is 10.8 Å². The summed E-state index contributed by atoms with van der Waals surface area (Å²) >= 11 is 4.84. The largest absolute Gasteiger partial charge is 0.484 e. The van der Waals surface area contributed by atoms with Gasteiger partial charge in [0.05, 0.1) is 0 Å². The first-order chi connectivity index (χ1) is 13.6. The number of hydrogen-bond acceptors (Lipinski definition) is 6. The number of amides is 1. The van der Waals surface area contributed by atoms with Crippen molar-refractivity contribution in [3.63, 3.8) is 0 Å². The normalized spacial score (nSPS) is 10.9. The lowest BCUT2D eigenvalue weighted by Gasteiger charge is -2.08. The van der Waals surface area contributed by atoms with E-state index in [1.165, 1.54) is 11.3 Å². The van der Waals surface area contributed by atoms with E-state index in [4.69, 9.17) is 4.74 Å². The number of halogens is 1. The van der Waals surface area contributed by atoms with Crippen molar-refractivity contribution in [1.29, 1.82) is 0 Å². The summed E-state index contributed by atoms with van der Waals surface area (Å²) in [6.45, 7) is 1.97. The Bertz CT molecular complexity index is 1110. The quantitative estimate of drug-likeness (QED) is 0.469. The molecule has 2 aromatic carbocycles. The fraction of sp³-hybridized carbons (Fsp3) is 0.158. The Morgan fingerprint density at radius 1 is 1.14 bits per heavy atom. The summed E-state index contributed by atoms with van der Waals surface area (Å²) in [4.78, 5) is 12.9. The first kappa shape index (κ1) is 18.6. The molecule has 0 bridgehead atoms. The van der Waals surface area contributed by atoms with Gasteiger partial charge in [-0.15, -0.1) is 10.2 Å². The molecule has 0 saturated heterocycles. The van der Waals surface area contributed by atoms with Gasteiger partial charge in [0.15, 0.2) is 12.4 Å². The summed E-state index contributed by atoms with van der Waals surface area (Å²) in [5, 5.41) is 16.5. The molecule has 0 atom stereocenters. The van der Waals surface area contributed by atoms with Gasteiger partial charge in [0, 0.05) is 22.1 Å². The summed E-state index contributed by atoms with van der Waals surface area (Å²) in [7, 11) is 0. The summed E-state index contributed by atoms with van der Waals surface area (Å²) in [6, 6.07) is 14.9. The number of carbonyl (C=O) groups excluding carboxylic acids is 1. The summed E-state index contributed by atoms with van der Waals surface area (Å²) in [5.74, 6) is 1.26. The number of ether oxygens (including phenoxy) is 1. The first-order valence-corrected chi connectivity index (χ1v) is 10.2. The van der Waals surface area contributed by atoms with E-state index in [0.717, 1.165) is 32.2 Å². The highest BCUT2D eigenvalue weighted by Gasteiger charge is 2.12. The van der Waals surface area contributed by atoms with Crippen LogP contribution in [-0.2, 0) is 11.2 Å². The summed E-state index contributed by atoms with van der Waals surface area (Å²) in [5.41, 5.74) is 1.66. The van der Waals surface area contributed by atoms with Crippen molar-refractivity contribution in [3.05, 3.63) is 58.8 Å². The Balaban J connectivity index is 1.38. The highest BCUT2D eigenvalue weighted by Crippen LogP contribution is 2.26. The van der Waals surface area contributed by atoms with Crippen LogP contribution in [0.1, 0.15) is 12.7 Å². The number of benzene rings is 2. The monoisotopic (exact) mass is 457 g/mol. The molecule has 0 radical (unpaired) electrons. The molecule has 142 valence electrons. The maximum Gasteiger partial charge on any atom is 0.262 e. The number of nitrogens with one attached hydrogen (secondary N) is 1. The molecule has 4 aromatic rings. The molecule has 0 fully saturated rings. The molecule has 2 heterocycles. The van der Waals surface area contributed by atoms with Gasteiger partial charge in [-0.1, -0.05) is 34.2 Å². The predicted molar refractivity (Wildman–Crippen MR) is 112 cm³/mol. The van der Waals surface area contributed by atoms with Crippen LogP contribution in [0.15, 0.2) is 53.0 Å². The summed E-state index contributed by atoms with van der Waals surface area (Å²) < 4.78 is 8.21. The molecule has 9 heteroatoms. The van der Waals surface area contributed by atoms with Crippen molar-refractivity contribution in [2.24, 2.45) is 0 Å². The Kier molecular flexibility index (Phi) is 5.36. The molecule has 7 nitrogen and oxygen atoms in total. The van der Waals surface area contributed by atoms with E-state index < -0.39 is 0 Å². The SMILES string of the molecule is CCc1nnc2sc(-c3ccc(NC(=O)COc4ccc(Br)cc4)cc3)nn12. The molecule has 2 aromatic heterocycles. The van der Waals surface area contributed by atoms with Crippen molar-refractivity contribution < 1.29 is 9.53 Å². The Hall–Kier alpha value is -2.78. The maximum absolute atomic E-state index is 12.1. The molecule has 0 aliphatic rings. The van der Waals surface area contributed by atoms with Crippen molar-refractivity contribution in [3.8, 4) is 16.3 Å². The van der Waals surface area contributed by atoms with Crippen LogP contribution in [-0.4, -0.2) is 32.3 Å². The van der Waals surface area contributed by atoms with E-state index >= 15 is 0 Å². The van der Waals surface area contributed by atoms with Crippen LogP contribution in [0, 0.1) is 0 Å². The lowest BCUT2D eigenvalue weighted by Crippen LogP contribution is -2.20. The van der Waals surface area contributed by atoms with E-state index in [1.807, 2.05) is 43.3 Å². The zero-order valence-electron chi connectivity index (χ0n) is 14.9. The summed E-state index contributed by atoms with van der Waals surface area (Å²) in [6.07, 6.45) is 0.775. The molecule has 28 heavy (non-hydrogen) atoms. The van der Waals surface area contributed by atoms with Crippen molar-refractivity contribution >= 4 is 43.8 Å². The van der Waals surface area contributed by atoms with Crippen LogP contribution in [0.4, 0.5) is 5.69 Å².